The molecule has 4 rings (SSSR count). The van der Waals surface area contributed by atoms with E-state index in [1.807, 2.05) is 17.5 Å². The monoisotopic (exact) mass is 468 g/mol. The molecule has 0 radical (unpaired) electrons. The fourth-order valence-electron chi connectivity index (χ4n) is 3.12. The second-order valence-electron chi connectivity index (χ2n) is 6.89. The van der Waals surface area contributed by atoms with Crippen molar-refractivity contribution >= 4 is 38.1 Å². The second kappa shape index (κ2) is 9.33. The van der Waals surface area contributed by atoms with Crippen LogP contribution in [0.25, 0.3) is 0 Å². The van der Waals surface area contributed by atoms with Crippen LogP contribution >= 0.6 is 11.3 Å². The number of hydrogen-bond acceptors (Lipinski definition) is 7. The Morgan fingerprint density at radius 2 is 2.12 bits per heavy atom. The first kappa shape index (κ1) is 21.7. The number of nitrogens with zero attached hydrogens (tertiary/aromatic N) is 2. The number of amides is 1. The SMILES string of the molecule is COc1ccc(C(=O)Nc2nc(C3C=CC=CC3)cs2)c(NS(=O)(=O)c2cccnc2)c1. The van der Waals surface area contributed by atoms with Crippen LogP contribution in [0, 0.1) is 0 Å². The Morgan fingerprint density at radius 1 is 1.25 bits per heavy atom. The Bertz CT molecular complexity index is 1280. The van der Waals surface area contributed by atoms with Crippen LogP contribution in [-0.4, -0.2) is 31.4 Å². The van der Waals surface area contributed by atoms with Crippen LogP contribution in [0.3, 0.4) is 0 Å². The van der Waals surface area contributed by atoms with E-state index >= 15 is 0 Å². The van der Waals surface area contributed by atoms with E-state index in [2.05, 4.69) is 32.2 Å². The fraction of sp³-hybridized carbons (Fsp3) is 0.136. The molecule has 0 aliphatic heterocycles. The molecule has 2 aromatic heterocycles. The summed E-state index contributed by atoms with van der Waals surface area (Å²) in [4.78, 5) is 21.3. The first-order valence-corrected chi connectivity index (χ1v) is 12.0. The Morgan fingerprint density at radius 3 is 2.84 bits per heavy atom. The van der Waals surface area contributed by atoms with Gasteiger partial charge >= 0.3 is 0 Å². The van der Waals surface area contributed by atoms with E-state index in [-0.39, 0.29) is 22.1 Å². The molecule has 0 fully saturated rings. The summed E-state index contributed by atoms with van der Waals surface area (Å²) in [5, 5.41) is 5.10. The Balaban J connectivity index is 1.58. The number of ether oxygens (including phenoxy) is 1. The molecule has 10 heteroatoms. The molecule has 1 aliphatic carbocycles. The third-order valence-electron chi connectivity index (χ3n) is 4.76. The van der Waals surface area contributed by atoms with Gasteiger partial charge < -0.3 is 4.74 Å². The van der Waals surface area contributed by atoms with E-state index < -0.39 is 15.9 Å². The minimum atomic E-state index is -3.95. The van der Waals surface area contributed by atoms with E-state index in [9.17, 15) is 13.2 Å². The highest BCUT2D eigenvalue weighted by atomic mass is 32.2. The quantitative estimate of drug-likeness (QED) is 0.538. The number of sulfonamides is 1. The van der Waals surface area contributed by atoms with Gasteiger partial charge in [-0.05, 0) is 30.7 Å². The van der Waals surface area contributed by atoms with Crippen LogP contribution in [0.2, 0.25) is 0 Å². The molecule has 2 heterocycles. The third-order valence-corrected chi connectivity index (χ3v) is 6.89. The zero-order valence-electron chi connectivity index (χ0n) is 17.1. The number of nitrogens with one attached hydrogen (secondary N) is 2. The minimum absolute atomic E-state index is 0.0201. The van der Waals surface area contributed by atoms with E-state index in [1.54, 1.807) is 6.07 Å². The van der Waals surface area contributed by atoms with Gasteiger partial charge in [-0.25, -0.2) is 13.4 Å². The molecule has 1 unspecified atom stereocenters. The van der Waals surface area contributed by atoms with Crippen LogP contribution < -0.4 is 14.8 Å². The molecule has 8 nitrogen and oxygen atoms in total. The molecule has 1 atom stereocenters. The number of benzene rings is 1. The van der Waals surface area contributed by atoms with Gasteiger partial charge in [0.2, 0.25) is 0 Å². The molecule has 0 saturated heterocycles. The molecule has 0 bridgehead atoms. The van der Waals surface area contributed by atoms with Gasteiger partial charge in [-0.15, -0.1) is 11.3 Å². The van der Waals surface area contributed by atoms with Gasteiger partial charge in [0.15, 0.2) is 5.13 Å². The van der Waals surface area contributed by atoms with Gasteiger partial charge in [0.25, 0.3) is 15.9 Å². The number of thiazole rings is 1. The van der Waals surface area contributed by atoms with Crippen molar-refractivity contribution in [2.45, 2.75) is 17.2 Å². The summed E-state index contributed by atoms with van der Waals surface area (Å²) in [7, 11) is -2.49. The van der Waals surface area contributed by atoms with Gasteiger partial charge in [-0.3, -0.25) is 19.8 Å². The number of allylic oxidation sites excluding steroid dienone is 4. The molecule has 164 valence electrons. The molecule has 1 aliphatic rings. The summed E-state index contributed by atoms with van der Waals surface area (Å²) in [5.74, 6) is 0.0837. The van der Waals surface area contributed by atoms with Crippen molar-refractivity contribution in [1.82, 2.24) is 9.97 Å². The van der Waals surface area contributed by atoms with E-state index in [4.69, 9.17) is 4.74 Å². The molecule has 2 N–H and O–H groups in total. The summed E-state index contributed by atoms with van der Waals surface area (Å²) in [6.45, 7) is 0. The van der Waals surface area contributed by atoms with Crippen LogP contribution in [-0.2, 0) is 10.0 Å². The van der Waals surface area contributed by atoms with Gasteiger partial charge in [-0.2, -0.15) is 0 Å². The molecule has 32 heavy (non-hydrogen) atoms. The maximum atomic E-state index is 13.0. The fourth-order valence-corrected chi connectivity index (χ4v) is 4.92. The lowest BCUT2D eigenvalue weighted by Crippen LogP contribution is -2.19. The van der Waals surface area contributed by atoms with Crippen molar-refractivity contribution in [3.05, 3.63) is 83.7 Å². The molecule has 0 spiro atoms. The number of pyridine rings is 1. The number of hydrogen-bond donors (Lipinski definition) is 2. The Labute approximate surface area is 189 Å². The number of methoxy groups -OCH3 is 1. The van der Waals surface area contributed by atoms with Crippen LogP contribution in [0.4, 0.5) is 10.8 Å². The van der Waals surface area contributed by atoms with Crippen molar-refractivity contribution < 1.29 is 17.9 Å². The first-order chi connectivity index (χ1) is 15.5. The number of anilines is 2. The highest BCUT2D eigenvalue weighted by Crippen LogP contribution is 2.30. The number of rotatable bonds is 7. The highest BCUT2D eigenvalue weighted by molar-refractivity contribution is 7.92. The van der Waals surface area contributed by atoms with Gasteiger partial charge in [-0.1, -0.05) is 24.3 Å². The van der Waals surface area contributed by atoms with Crippen molar-refractivity contribution in [2.24, 2.45) is 0 Å². The zero-order valence-corrected chi connectivity index (χ0v) is 18.7. The Hall–Kier alpha value is -3.50. The molecular formula is C22H20N4O4S2. The molecular weight excluding hydrogens is 448 g/mol. The largest absolute Gasteiger partial charge is 0.497 e. The normalized spacial score (nSPS) is 15.3. The topological polar surface area (TPSA) is 110 Å². The van der Waals surface area contributed by atoms with Gasteiger partial charge in [0, 0.05) is 29.8 Å². The number of carbonyl (C=O) groups is 1. The molecule has 0 saturated carbocycles. The summed E-state index contributed by atoms with van der Waals surface area (Å²) in [6.07, 6.45) is 11.7. The van der Waals surface area contributed by atoms with Gasteiger partial charge in [0.05, 0.1) is 24.1 Å². The molecule has 1 aromatic carbocycles. The number of carbonyl (C=O) groups excluding carboxylic acids is 1. The van der Waals surface area contributed by atoms with E-state index in [0.29, 0.717) is 10.9 Å². The Kier molecular flexibility index (Phi) is 6.33. The van der Waals surface area contributed by atoms with Crippen molar-refractivity contribution in [1.29, 1.82) is 0 Å². The molecule has 1 amide bonds. The standard InChI is InChI=1S/C22H20N4O4S2/c1-30-16-9-10-18(19(12-16)26-32(28,29)17-8-5-11-23-13-17)21(27)25-22-24-20(14-31-22)15-6-3-2-4-7-15/h2-6,8-15,26H,7H2,1H3,(H,24,25,27). The predicted molar refractivity (Wildman–Crippen MR) is 124 cm³/mol. The maximum absolute atomic E-state index is 13.0. The van der Waals surface area contributed by atoms with Crippen LogP contribution in [0.5, 0.6) is 5.75 Å². The number of aromatic nitrogens is 2. The van der Waals surface area contributed by atoms with E-state index in [1.165, 1.54) is 55.1 Å². The van der Waals surface area contributed by atoms with E-state index in [0.717, 1.165) is 12.1 Å². The van der Waals surface area contributed by atoms with Crippen molar-refractivity contribution in [2.75, 3.05) is 17.1 Å². The zero-order chi connectivity index (χ0) is 22.6. The lowest BCUT2D eigenvalue weighted by atomic mass is 9.98. The summed E-state index contributed by atoms with van der Waals surface area (Å²) >= 11 is 1.32. The summed E-state index contributed by atoms with van der Waals surface area (Å²) in [6, 6.07) is 7.48. The lowest BCUT2D eigenvalue weighted by Gasteiger charge is -2.13. The van der Waals surface area contributed by atoms with Crippen molar-refractivity contribution in [3.63, 3.8) is 0 Å². The first-order valence-electron chi connectivity index (χ1n) is 9.67. The summed E-state index contributed by atoms with van der Waals surface area (Å²) in [5.41, 5.74) is 1.09. The average Bonchev–Trinajstić information content (AvgIpc) is 3.28. The maximum Gasteiger partial charge on any atom is 0.263 e. The lowest BCUT2D eigenvalue weighted by molar-refractivity contribution is 0.102. The van der Waals surface area contributed by atoms with Crippen LogP contribution in [0.1, 0.15) is 28.4 Å². The third kappa shape index (κ3) is 4.87. The molecule has 3 aromatic rings. The average molecular weight is 469 g/mol. The van der Waals surface area contributed by atoms with Crippen LogP contribution in [0.15, 0.2) is 77.3 Å². The second-order valence-corrected chi connectivity index (χ2v) is 9.43. The predicted octanol–water partition coefficient (Wildman–Crippen LogP) is 4.20. The summed E-state index contributed by atoms with van der Waals surface area (Å²) < 4.78 is 33.2. The minimum Gasteiger partial charge on any atom is -0.497 e. The smallest absolute Gasteiger partial charge is 0.263 e. The highest BCUT2D eigenvalue weighted by Gasteiger charge is 2.21. The van der Waals surface area contributed by atoms with Crippen molar-refractivity contribution in [3.8, 4) is 5.75 Å². The van der Waals surface area contributed by atoms with Gasteiger partial charge in [0.1, 0.15) is 10.6 Å².